The molecule has 0 amide bonds. The van der Waals surface area contributed by atoms with E-state index in [0.29, 0.717) is 12.6 Å². The number of hydrogen-bond acceptors (Lipinski definition) is 5. The van der Waals surface area contributed by atoms with Gasteiger partial charge in [-0.15, -0.1) is 24.0 Å². The zero-order chi connectivity index (χ0) is 22.1. The minimum absolute atomic E-state index is 0. The summed E-state index contributed by atoms with van der Waals surface area (Å²) in [6.45, 7) is 5.46. The van der Waals surface area contributed by atoms with E-state index in [2.05, 4.69) is 40.7 Å². The summed E-state index contributed by atoms with van der Waals surface area (Å²) in [5.74, 6) is 3.37. The van der Waals surface area contributed by atoms with E-state index >= 15 is 0 Å². The zero-order valence-corrected chi connectivity index (χ0v) is 21.7. The van der Waals surface area contributed by atoms with E-state index in [0.717, 1.165) is 61.4 Å². The quantitative estimate of drug-likeness (QED) is 0.280. The highest BCUT2D eigenvalue weighted by Gasteiger charge is 2.24. The van der Waals surface area contributed by atoms with Crippen molar-refractivity contribution in [1.82, 2.24) is 10.6 Å². The molecule has 1 aliphatic rings. The molecule has 0 spiro atoms. The fraction of sp³-hybridized carbons (Fsp3) is 0.458. The second kappa shape index (κ2) is 13.2. The number of anilines is 1. The summed E-state index contributed by atoms with van der Waals surface area (Å²) in [5.41, 5.74) is 2.28. The van der Waals surface area contributed by atoms with E-state index in [1.54, 1.807) is 21.3 Å². The van der Waals surface area contributed by atoms with Crippen LogP contribution in [0.1, 0.15) is 18.9 Å². The average molecular weight is 554 g/mol. The van der Waals surface area contributed by atoms with Gasteiger partial charge in [0.25, 0.3) is 0 Å². The Balaban J connectivity index is 0.00000363. The fourth-order valence-electron chi connectivity index (χ4n) is 3.80. The number of guanidine groups is 1. The Kier molecular flexibility index (Phi) is 10.7. The number of nitrogens with zero attached hydrogens (tertiary/aromatic N) is 2. The lowest BCUT2D eigenvalue weighted by Crippen LogP contribution is -2.44. The molecule has 1 atom stereocenters. The van der Waals surface area contributed by atoms with Gasteiger partial charge in [-0.2, -0.15) is 0 Å². The molecule has 2 aromatic rings. The van der Waals surface area contributed by atoms with Crippen molar-refractivity contribution < 1.29 is 14.2 Å². The van der Waals surface area contributed by atoms with Crippen LogP contribution in [0.3, 0.4) is 0 Å². The lowest BCUT2D eigenvalue weighted by atomic mass is 10.1. The largest absolute Gasteiger partial charge is 0.497 e. The van der Waals surface area contributed by atoms with E-state index in [1.165, 1.54) is 5.56 Å². The SMILES string of the molecule is CCNC(=NCCc1ccccc1OC)NC1CCN(c2cc(OC)cc(OC)c2)C1.I. The van der Waals surface area contributed by atoms with Crippen molar-refractivity contribution in [2.75, 3.05) is 52.4 Å². The summed E-state index contributed by atoms with van der Waals surface area (Å²) in [7, 11) is 5.06. The van der Waals surface area contributed by atoms with Crippen LogP contribution in [0.25, 0.3) is 0 Å². The van der Waals surface area contributed by atoms with Gasteiger partial charge in [-0.05, 0) is 31.4 Å². The molecule has 0 saturated carbocycles. The number of nitrogens with one attached hydrogen (secondary N) is 2. The monoisotopic (exact) mass is 554 g/mol. The highest BCUT2D eigenvalue weighted by molar-refractivity contribution is 14.0. The minimum atomic E-state index is 0. The number of hydrogen-bond donors (Lipinski definition) is 2. The summed E-state index contributed by atoms with van der Waals surface area (Å²) in [4.78, 5) is 7.13. The number of halogens is 1. The number of rotatable bonds is 9. The van der Waals surface area contributed by atoms with E-state index in [1.807, 2.05) is 24.3 Å². The van der Waals surface area contributed by atoms with Crippen LogP contribution in [0.2, 0.25) is 0 Å². The number of ether oxygens (including phenoxy) is 3. The molecule has 1 saturated heterocycles. The van der Waals surface area contributed by atoms with Gasteiger partial charge < -0.3 is 29.7 Å². The highest BCUT2D eigenvalue weighted by atomic mass is 127. The minimum Gasteiger partial charge on any atom is -0.497 e. The maximum atomic E-state index is 5.44. The molecule has 176 valence electrons. The Labute approximate surface area is 208 Å². The Morgan fingerprint density at radius 2 is 1.78 bits per heavy atom. The summed E-state index contributed by atoms with van der Waals surface area (Å²) in [6.07, 6.45) is 1.87. The van der Waals surface area contributed by atoms with Crippen molar-refractivity contribution in [3.8, 4) is 17.2 Å². The maximum absolute atomic E-state index is 5.44. The molecular formula is C24H35IN4O3. The molecule has 32 heavy (non-hydrogen) atoms. The number of benzene rings is 2. The van der Waals surface area contributed by atoms with Crippen molar-refractivity contribution in [3.63, 3.8) is 0 Å². The van der Waals surface area contributed by atoms with Gasteiger partial charge in [0.1, 0.15) is 17.2 Å². The molecule has 3 rings (SSSR count). The Bertz CT molecular complexity index is 856. The molecule has 2 N–H and O–H groups in total. The summed E-state index contributed by atoms with van der Waals surface area (Å²) >= 11 is 0. The smallest absolute Gasteiger partial charge is 0.191 e. The van der Waals surface area contributed by atoms with Gasteiger partial charge in [-0.25, -0.2) is 0 Å². The molecule has 0 aromatic heterocycles. The zero-order valence-electron chi connectivity index (χ0n) is 19.4. The van der Waals surface area contributed by atoms with Crippen LogP contribution in [0.15, 0.2) is 47.5 Å². The molecule has 0 aliphatic carbocycles. The first-order chi connectivity index (χ1) is 15.2. The Morgan fingerprint density at radius 1 is 1.06 bits per heavy atom. The second-order valence-corrected chi connectivity index (χ2v) is 7.47. The van der Waals surface area contributed by atoms with Crippen molar-refractivity contribution in [2.24, 2.45) is 4.99 Å². The molecule has 7 nitrogen and oxygen atoms in total. The van der Waals surface area contributed by atoms with Crippen LogP contribution in [0.4, 0.5) is 5.69 Å². The van der Waals surface area contributed by atoms with Crippen molar-refractivity contribution in [2.45, 2.75) is 25.8 Å². The van der Waals surface area contributed by atoms with Crippen LogP contribution >= 0.6 is 24.0 Å². The average Bonchev–Trinajstić information content (AvgIpc) is 3.27. The third kappa shape index (κ3) is 7.08. The predicted octanol–water partition coefficient (Wildman–Crippen LogP) is 3.71. The molecule has 1 fully saturated rings. The van der Waals surface area contributed by atoms with Gasteiger partial charge in [0.05, 0.1) is 21.3 Å². The van der Waals surface area contributed by atoms with E-state index in [9.17, 15) is 0 Å². The van der Waals surface area contributed by atoms with E-state index in [4.69, 9.17) is 19.2 Å². The summed E-state index contributed by atoms with van der Waals surface area (Å²) < 4.78 is 16.3. The molecule has 0 radical (unpaired) electrons. The first kappa shape index (κ1) is 25.9. The molecule has 2 aromatic carbocycles. The topological polar surface area (TPSA) is 67.4 Å². The van der Waals surface area contributed by atoms with Gasteiger partial charge in [0, 0.05) is 56.1 Å². The second-order valence-electron chi connectivity index (χ2n) is 7.47. The molecular weight excluding hydrogens is 519 g/mol. The van der Waals surface area contributed by atoms with Crippen LogP contribution < -0.4 is 29.7 Å². The van der Waals surface area contributed by atoms with E-state index in [-0.39, 0.29) is 24.0 Å². The molecule has 1 aliphatic heterocycles. The summed E-state index contributed by atoms with van der Waals surface area (Å²) in [5, 5.41) is 6.96. The van der Waals surface area contributed by atoms with Crippen LogP contribution in [-0.4, -0.2) is 59.5 Å². The molecule has 0 bridgehead atoms. The third-order valence-corrected chi connectivity index (χ3v) is 5.42. The van der Waals surface area contributed by atoms with E-state index < -0.39 is 0 Å². The van der Waals surface area contributed by atoms with Crippen LogP contribution in [0, 0.1) is 0 Å². The lowest BCUT2D eigenvalue weighted by molar-refractivity contribution is 0.394. The standard InChI is InChI=1S/C24H34N4O3.HI/c1-5-25-24(26-12-10-18-8-6-7-9-23(18)31-4)27-19-11-13-28(17-19)20-14-21(29-2)16-22(15-20)30-3;/h6-9,14-16,19H,5,10-13,17H2,1-4H3,(H2,25,26,27);1H. The normalized spacial score (nSPS) is 15.7. The molecule has 1 unspecified atom stereocenters. The Morgan fingerprint density at radius 3 is 2.44 bits per heavy atom. The van der Waals surface area contributed by atoms with Gasteiger partial charge in [-0.3, -0.25) is 4.99 Å². The van der Waals surface area contributed by atoms with Crippen LogP contribution in [0.5, 0.6) is 17.2 Å². The van der Waals surface area contributed by atoms with Gasteiger partial charge in [0.15, 0.2) is 5.96 Å². The van der Waals surface area contributed by atoms with Crippen molar-refractivity contribution >= 4 is 35.6 Å². The first-order valence-corrected chi connectivity index (χ1v) is 10.8. The number of para-hydroxylation sites is 1. The first-order valence-electron chi connectivity index (χ1n) is 10.8. The van der Waals surface area contributed by atoms with Crippen molar-refractivity contribution in [1.29, 1.82) is 0 Å². The van der Waals surface area contributed by atoms with Gasteiger partial charge in [-0.1, -0.05) is 18.2 Å². The van der Waals surface area contributed by atoms with Crippen LogP contribution in [-0.2, 0) is 6.42 Å². The Hall–Kier alpha value is -2.36. The van der Waals surface area contributed by atoms with Crippen molar-refractivity contribution in [3.05, 3.63) is 48.0 Å². The van der Waals surface area contributed by atoms with Gasteiger partial charge >= 0.3 is 0 Å². The fourth-order valence-corrected chi connectivity index (χ4v) is 3.80. The summed E-state index contributed by atoms with van der Waals surface area (Å²) in [6, 6.07) is 14.4. The third-order valence-electron chi connectivity index (χ3n) is 5.42. The predicted molar refractivity (Wildman–Crippen MR) is 141 cm³/mol. The number of aliphatic imine (C=N–C) groups is 1. The van der Waals surface area contributed by atoms with Gasteiger partial charge in [0.2, 0.25) is 0 Å². The maximum Gasteiger partial charge on any atom is 0.191 e. The molecule has 8 heteroatoms. The lowest BCUT2D eigenvalue weighted by Gasteiger charge is -2.21. The molecule has 1 heterocycles. The highest BCUT2D eigenvalue weighted by Crippen LogP contribution is 2.30. The number of methoxy groups -OCH3 is 3.